The average molecular weight is 345 g/mol. The highest BCUT2D eigenvalue weighted by atomic mass is 79.9. The van der Waals surface area contributed by atoms with Gasteiger partial charge >= 0.3 is 0 Å². The Balaban J connectivity index is 2.44. The minimum absolute atomic E-state index is 0.0672. The zero-order valence-corrected chi connectivity index (χ0v) is 12.5. The second-order valence-electron chi connectivity index (χ2n) is 4.01. The van der Waals surface area contributed by atoms with Crippen LogP contribution in [0.3, 0.4) is 0 Å². The van der Waals surface area contributed by atoms with Crippen molar-refractivity contribution in [3.63, 3.8) is 0 Å². The molecular weight excluding hydrogens is 333 g/mol. The first kappa shape index (κ1) is 14.3. The predicted molar refractivity (Wildman–Crippen MR) is 78.1 cm³/mol. The van der Waals surface area contributed by atoms with Crippen molar-refractivity contribution < 1.29 is 9.13 Å². The molecule has 1 unspecified atom stereocenters. The monoisotopic (exact) mass is 343 g/mol. The van der Waals surface area contributed by atoms with Gasteiger partial charge in [-0.2, -0.15) is 0 Å². The van der Waals surface area contributed by atoms with Crippen LogP contribution in [-0.4, -0.2) is 7.11 Å². The molecule has 0 radical (unpaired) electrons. The highest BCUT2D eigenvalue weighted by Gasteiger charge is 2.18. The summed E-state index contributed by atoms with van der Waals surface area (Å²) in [5.74, 6) is 0.216. The molecular formula is C14H12BrClFNO. The van der Waals surface area contributed by atoms with Crippen LogP contribution in [0.1, 0.15) is 17.2 Å². The summed E-state index contributed by atoms with van der Waals surface area (Å²) in [6, 6.07) is 9.57. The van der Waals surface area contributed by atoms with Gasteiger partial charge in [0.15, 0.2) is 0 Å². The van der Waals surface area contributed by atoms with Gasteiger partial charge in [-0.1, -0.05) is 45.7 Å². The maximum atomic E-state index is 14.0. The van der Waals surface area contributed by atoms with Crippen LogP contribution in [0.4, 0.5) is 4.39 Å². The highest BCUT2D eigenvalue weighted by molar-refractivity contribution is 9.10. The van der Waals surface area contributed by atoms with Gasteiger partial charge in [-0.05, 0) is 23.8 Å². The van der Waals surface area contributed by atoms with Gasteiger partial charge in [-0.15, -0.1) is 0 Å². The quantitative estimate of drug-likeness (QED) is 0.901. The van der Waals surface area contributed by atoms with Crippen LogP contribution in [0, 0.1) is 5.82 Å². The maximum absolute atomic E-state index is 14.0. The van der Waals surface area contributed by atoms with E-state index in [1.54, 1.807) is 37.4 Å². The molecule has 0 spiro atoms. The van der Waals surface area contributed by atoms with E-state index >= 15 is 0 Å². The van der Waals surface area contributed by atoms with Crippen LogP contribution in [0.15, 0.2) is 40.9 Å². The molecule has 0 amide bonds. The fourth-order valence-electron chi connectivity index (χ4n) is 1.82. The largest absolute Gasteiger partial charge is 0.497 e. The van der Waals surface area contributed by atoms with E-state index in [2.05, 4.69) is 15.9 Å². The van der Waals surface area contributed by atoms with Crippen LogP contribution in [0.2, 0.25) is 5.02 Å². The molecule has 0 aliphatic carbocycles. The molecule has 0 fully saturated rings. The second kappa shape index (κ2) is 5.90. The summed E-state index contributed by atoms with van der Waals surface area (Å²) in [5, 5.41) is 0.0672. The minimum atomic E-state index is -0.598. The number of nitrogens with two attached hydrogens (primary N) is 1. The Hall–Kier alpha value is -1.10. The van der Waals surface area contributed by atoms with Crippen LogP contribution < -0.4 is 10.5 Å². The summed E-state index contributed by atoms with van der Waals surface area (Å²) < 4.78 is 19.8. The summed E-state index contributed by atoms with van der Waals surface area (Å²) in [4.78, 5) is 0. The molecule has 0 aliphatic rings. The predicted octanol–water partition coefficient (Wildman–Crippen LogP) is 4.30. The van der Waals surface area contributed by atoms with Crippen molar-refractivity contribution in [2.24, 2.45) is 5.73 Å². The molecule has 2 aromatic carbocycles. The van der Waals surface area contributed by atoms with Crippen LogP contribution in [0.25, 0.3) is 0 Å². The molecule has 0 saturated carbocycles. The molecule has 0 saturated heterocycles. The van der Waals surface area contributed by atoms with Gasteiger partial charge < -0.3 is 10.5 Å². The fourth-order valence-corrected chi connectivity index (χ4v) is 2.60. The first-order valence-electron chi connectivity index (χ1n) is 5.57. The molecule has 0 aliphatic heterocycles. The third-order valence-corrected chi connectivity index (χ3v) is 3.84. The van der Waals surface area contributed by atoms with E-state index in [-0.39, 0.29) is 5.02 Å². The summed E-state index contributed by atoms with van der Waals surface area (Å²) in [6.45, 7) is 0. The van der Waals surface area contributed by atoms with Gasteiger partial charge in [-0.25, -0.2) is 4.39 Å². The topological polar surface area (TPSA) is 35.2 Å². The van der Waals surface area contributed by atoms with E-state index < -0.39 is 11.9 Å². The molecule has 2 N–H and O–H groups in total. The van der Waals surface area contributed by atoms with E-state index in [1.165, 1.54) is 6.07 Å². The van der Waals surface area contributed by atoms with Gasteiger partial charge in [-0.3, -0.25) is 0 Å². The Kier molecular flexibility index (Phi) is 4.45. The number of benzene rings is 2. The Morgan fingerprint density at radius 3 is 2.63 bits per heavy atom. The summed E-state index contributed by atoms with van der Waals surface area (Å²) >= 11 is 9.18. The van der Waals surface area contributed by atoms with E-state index in [9.17, 15) is 4.39 Å². The smallest absolute Gasteiger partial charge is 0.146 e. The Morgan fingerprint density at radius 1 is 1.26 bits per heavy atom. The fraction of sp³-hybridized carbons (Fsp3) is 0.143. The van der Waals surface area contributed by atoms with Crippen molar-refractivity contribution >= 4 is 27.5 Å². The minimum Gasteiger partial charge on any atom is -0.497 e. The summed E-state index contributed by atoms with van der Waals surface area (Å²) in [7, 11) is 1.58. The van der Waals surface area contributed by atoms with Crippen LogP contribution >= 0.6 is 27.5 Å². The zero-order valence-electron chi connectivity index (χ0n) is 10.2. The lowest BCUT2D eigenvalue weighted by Gasteiger charge is -2.16. The van der Waals surface area contributed by atoms with E-state index in [0.717, 1.165) is 10.0 Å². The SMILES string of the molecule is COc1ccc(C(N)c2cccc(Cl)c2F)c(Br)c1. The standard InChI is InChI=1S/C14H12BrClFNO/c1-19-8-5-6-9(11(15)7-8)14(18)10-3-2-4-12(16)13(10)17/h2-7,14H,18H2,1H3. The number of hydrogen-bond donors (Lipinski definition) is 1. The Labute approximate surface area is 124 Å². The summed E-state index contributed by atoms with van der Waals surface area (Å²) in [6.07, 6.45) is 0. The van der Waals surface area contributed by atoms with Crippen LogP contribution in [0.5, 0.6) is 5.75 Å². The van der Waals surface area contributed by atoms with Crippen molar-refractivity contribution in [2.45, 2.75) is 6.04 Å². The van der Waals surface area contributed by atoms with E-state index in [1.807, 2.05) is 0 Å². The third-order valence-electron chi connectivity index (χ3n) is 2.86. The molecule has 0 bridgehead atoms. The van der Waals surface area contributed by atoms with Gasteiger partial charge in [0.2, 0.25) is 0 Å². The highest BCUT2D eigenvalue weighted by Crippen LogP contribution is 2.32. The maximum Gasteiger partial charge on any atom is 0.146 e. The number of halogens is 3. The molecule has 19 heavy (non-hydrogen) atoms. The number of rotatable bonds is 3. The number of methoxy groups -OCH3 is 1. The molecule has 100 valence electrons. The first-order chi connectivity index (χ1) is 9.04. The zero-order chi connectivity index (χ0) is 14.0. The van der Waals surface area contributed by atoms with Gasteiger partial charge in [0.25, 0.3) is 0 Å². The van der Waals surface area contributed by atoms with Crippen molar-refractivity contribution in [2.75, 3.05) is 7.11 Å². The van der Waals surface area contributed by atoms with Gasteiger partial charge in [0.1, 0.15) is 11.6 Å². The second-order valence-corrected chi connectivity index (χ2v) is 5.27. The molecule has 0 aromatic heterocycles. The average Bonchev–Trinajstić information content (AvgIpc) is 2.41. The number of hydrogen-bond acceptors (Lipinski definition) is 2. The first-order valence-corrected chi connectivity index (χ1v) is 6.74. The lowest BCUT2D eigenvalue weighted by atomic mass is 9.99. The van der Waals surface area contributed by atoms with Crippen molar-refractivity contribution in [1.82, 2.24) is 0 Å². The normalized spacial score (nSPS) is 12.3. The third kappa shape index (κ3) is 2.91. The molecule has 2 aromatic rings. The van der Waals surface area contributed by atoms with Crippen LogP contribution in [-0.2, 0) is 0 Å². The molecule has 5 heteroatoms. The molecule has 2 nitrogen and oxygen atoms in total. The van der Waals surface area contributed by atoms with E-state index in [0.29, 0.717) is 11.3 Å². The van der Waals surface area contributed by atoms with Gasteiger partial charge in [0.05, 0.1) is 18.2 Å². The molecule has 0 heterocycles. The summed E-state index contributed by atoms with van der Waals surface area (Å²) in [5.41, 5.74) is 7.23. The van der Waals surface area contributed by atoms with Crippen molar-refractivity contribution in [1.29, 1.82) is 0 Å². The Morgan fingerprint density at radius 2 is 2.00 bits per heavy atom. The lowest BCUT2D eigenvalue weighted by Crippen LogP contribution is -2.14. The van der Waals surface area contributed by atoms with Gasteiger partial charge in [0, 0.05) is 10.0 Å². The van der Waals surface area contributed by atoms with Crippen molar-refractivity contribution in [3.05, 3.63) is 62.8 Å². The Bertz CT molecular complexity index is 606. The number of ether oxygens (including phenoxy) is 1. The van der Waals surface area contributed by atoms with E-state index in [4.69, 9.17) is 22.1 Å². The van der Waals surface area contributed by atoms with Crippen molar-refractivity contribution in [3.8, 4) is 5.75 Å². The lowest BCUT2D eigenvalue weighted by molar-refractivity contribution is 0.414. The molecule has 2 rings (SSSR count). The molecule has 1 atom stereocenters.